The molecule has 0 fully saturated rings. The molecule has 2 aromatic carbocycles. The van der Waals surface area contributed by atoms with Crippen LogP contribution in [0.5, 0.6) is 5.75 Å². The summed E-state index contributed by atoms with van der Waals surface area (Å²) in [5.41, 5.74) is 5.69. The molecule has 0 bridgehead atoms. The fourth-order valence-corrected chi connectivity index (χ4v) is 5.51. The average Bonchev–Trinajstić information content (AvgIpc) is 2.60. The zero-order valence-electron chi connectivity index (χ0n) is 17.1. The molecule has 0 radical (unpaired) electrons. The minimum atomic E-state index is -0.0262. The summed E-state index contributed by atoms with van der Waals surface area (Å²) in [6.45, 7) is 12.5. The van der Waals surface area contributed by atoms with Gasteiger partial charge in [-0.2, -0.15) is 0 Å². The van der Waals surface area contributed by atoms with E-state index in [0.717, 1.165) is 35.0 Å². The summed E-state index contributed by atoms with van der Waals surface area (Å²) in [4.78, 5) is 12.2. The van der Waals surface area contributed by atoms with E-state index < -0.39 is 0 Å². The van der Waals surface area contributed by atoms with Crippen LogP contribution < -0.4 is 10.0 Å². The second kappa shape index (κ2) is 8.35. The molecule has 0 heterocycles. The molecule has 0 saturated heterocycles. The highest BCUT2D eigenvalue weighted by atomic mass is 31.1. The summed E-state index contributed by atoms with van der Waals surface area (Å²) in [5.74, 6) is 1.13. The van der Waals surface area contributed by atoms with Crippen molar-refractivity contribution >= 4 is 19.7 Å². The van der Waals surface area contributed by atoms with Crippen LogP contribution in [0.1, 0.15) is 66.2 Å². The van der Waals surface area contributed by atoms with Gasteiger partial charge in [-0.15, -0.1) is 0 Å². The van der Waals surface area contributed by atoms with Crippen LogP contribution >= 0.6 is 8.58 Å². The number of aryl methyl sites for hydroxylation is 3. The van der Waals surface area contributed by atoms with Crippen LogP contribution in [0.4, 0.5) is 0 Å². The first-order valence-electron chi connectivity index (χ1n) is 9.33. The maximum Gasteiger partial charge on any atom is 0.160 e. The Bertz CT molecular complexity index is 804. The van der Waals surface area contributed by atoms with E-state index in [1.165, 1.54) is 16.7 Å². The van der Waals surface area contributed by atoms with Crippen molar-refractivity contribution in [3.63, 3.8) is 0 Å². The maximum atomic E-state index is 12.2. The van der Waals surface area contributed by atoms with Crippen molar-refractivity contribution < 1.29 is 9.53 Å². The lowest BCUT2D eigenvalue weighted by atomic mass is 9.89. The Morgan fingerprint density at radius 3 is 2.23 bits per heavy atom. The van der Waals surface area contributed by atoms with Crippen LogP contribution in [0.3, 0.4) is 0 Å². The van der Waals surface area contributed by atoms with Crippen molar-refractivity contribution in [2.45, 2.75) is 59.5 Å². The molecule has 0 aliphatic carbocycles. The van der Waals surface area contributed by atoms with E-state index in [0.29, 0.717) is 8.58 Å². The summed E-state index contributed by atoms with van der Waals surface area (Å²) < 4.78 is 5.81. The van der Waals surface area contributed by atoms with E-state index in [1.807, 2.05) is 13.0 Å². The Morgan fingerprint density at radius 2 is 1.69 bits per heavy atom. The van der Waals surface area contributed by atoms with E-state index >= 15 is 0 Å². The Kier molecular flexibility index (Phi) is 6.64. The number of hydrogen-bond donors (Lipinski definition) is 0. The summed E-state index contributed by atoms with van der Waals surface area (Å²) in [6, 6.07) is 10.7. The standard InChI is InChI=1S/C23H31O2P/c1-8-23(9-2,20-14-16(4)12-17(5)22(20)25-7)26-21-11-10-15(3)13-19(21)18(6)24/h10-14,26H,8-9H2,1-7H3. The minimum Gasteiger partial charge on any atom is -0.496 e. The molecular formula is C23H31O2P. The third-order valence-electron chi connectivity index (χ3n) is 5.27. The highest BCUT2D eigenvalue weighted by molar-refractivity contribution is 7.48. The number of Topliss-reactive ketones (excluding diaryl/α,β-unsaturated/α-hetero) is 1. The van der Waals surface area contributed by atoms with Crippen LogP contribution in [-0.2, 0) is 5.16 Å². The molecule has 140 valence electrons. The first kappa shape index (κ1) is 20.6. The third kappa shape index (κ3) is 4.01. The average molecular weight is 370 g/mol. The van der Waals surface area contributed by atoms with Gasteiger partial charge in [-0.25, -0.2) is 0 Å². The minimum absolute atomic E-state index is 0.0262. The number of hydrogen-bond acceptors (Lipinski definition) is 2. The summed E-state index contributed by atoms with van der Waals surface area (Å²) in [6.07, 6.45) is 2.01. The van der Waals surface area contributed by atoms with Gasteiger partial charge in [0.05, 0.1) is 7.11 Å². The molecule has 2 aromatic rings. The van der Waals surface area contributed by atoms with Gasteiger partial charge in [0.25, 0.3) is 0 Å². The summed E-state index contributed by atoms with van der Waals surface area (Å²) >= 11 is 0. The predicted molar refractivity (Wildman–Crippen MR) is 114 cm³/mol. The van der Waals surface area contributed by atoms with E-state index in [4.69, 9.17) is 4.74 Å². The zero-order valence-corrected chi connectivity index (χ0v) is 18.1. The number of ketones is 1. The molecule has 2 nitrogen and oxygen atoms in total. The van der Waals surface area contributed by atoms with Gasteiger partial charge in [0.1, 0.15) is 5.75 Å². The van der Waals surface area contributed by atoms with Gasteiger partial charge in [-0.05, 0) is 57.5 Å². The van der Waals surface area contributed by atoms with Crippen LogP contribution in [-0.4, -0.2) is 12.9 Å². The van der Waals surface area contributed by atoms with Crippen LogP contribution in [0.2, 0.25) is 0 Å². The lowest BCUT2D eigenvalue weighted by molar-refractivity contribution is 0.101. The van der Waals surface area contributed by atoms with Crippen LogP contribution in [0.25, 0.3) is 0 Å². The SMILES string of the molecule is CCC(CC)(Pc1ccc(C)cc1C(C)=O)c1cc(C)cc(C)c1OC. The van der Waals surface area contributed by atoms with Crippen LogP contribution in [0, 0.1) is 20.8 Å². The Balaban J connectivity index is 2.65. The van der Waals surface area contributed by atoms with Crippen LogP contribution in [0.15, 0.2) is 30.3 Å². The Labute approximate surface area is 160 Å². The third-order valence-corrected chi connectivity index (χ3v) is 7.43. The number of benzene rings is 2. The number of methoxy groups -OCH3 is 1. The monoisotopic (exact) mass is 370 g/mol. The Morgan fingerprint density at radius 1 is 1.04 bits per heavy atom. The molecule has 0 spiro atoms. The molecule has 1 unspecified atom stereocenters. The molecule has 0 aromatic heterocycles. The van der Waals surface area contributed by atoms with E-state index in [-0.39, 0.29) is 10.9 Å². The number of rotatable bonds is 7. The van der Waals surface area contributed by atoms with Gasteiger partial charge >= 0.3 is 0 Å². The molecule has 26 heavy (non-hydrogen) atoms. The Hall–Kier alpha value is -1.66. The van der Waals surface area contributed by atoms with Crippen molar-refractivity contribution in [2.24, 2.45) is 0 Å². The van der Waals surface area contributed by atoms with Gasteiger partial charge in [0.15, 0.2) is 5.78 Å². The van der Waals surface area contributed by atoms with Crippen molar-refractivity contribution in [2.75, 3.05) is 7.11 Å². The highest BCUT2D eigenvalue weighted by Gasteiger charge is 2.33. The van der Waals surface area contributed by atoms with Crippen molar-refractivity contribution in [1.82, 2.24) is 0 Å². The molecule has 3 heteroatoms. The van der Waals surface area contributed by atoms with E-state index in [2.05, 4.69) is 52.0 Å². The van der Waals surface area contributed by atoms with E-state index in [9.17, 15) is 4.79 Å². The van der Waals surface area contributed by atoms with Gasteiger partial charge < -0.3 is 4.74 Å². The van der Waals surface area contributed by atoms with Gasteiger partial charge in [-0.3, -0.25) is 4.79 Å². The number of carbonyl (C=O) groups is 1. The molecule has 0 aliphatic rings. The molecule has 0 saturated carbocycles. The van der Waals surface area contributed by atoms with E-state index in [1.54, 1.807) is 14.0 Å². The van der Waals surface area contributed by atoms with Gasteiger partial charge in [0.2, 0.25) is 0 Å². The normalized spacial score (nSPS) is 12.0. The molecule has 0 N–H and O–H groups in total. The van der Waals surface area contributed by atoms with Crippen molar-refractivity contribution in [3.05, 3.63) is 58.1 Å². The maximum absolute atomic E-state index is 12.2. The lowest BCUT2D eigenvalue weighted by Crippen LogP contribution is -2.25. The second-order valence-corrected chi connectivity index (χ2v) is 8.93. The van der Waals surface area contributed by atoms with Crippen molar-refractivity contribution in [3.8, 4) is 5.75 Å². The lowest BCUT2D eigenvalue weighted by Gasteiger charge is -2.35. The highest BCUT2D eigenvalue weighted by Crippen LogP contribution is 2.51. The zero-order chi connectivity index (χ0) is 19.5. The molecule has 2 rings (SSSR count). The number of ether oxygens (including phenoxy) is 1. The predicted octanol–water partition coefficient (Wildman–Crippen LogP) is 5.84. The second-order valence-electron chi connectivity index (χ2n) is 7.18. The fraction of sp³-hybridized carbons (Fsp3) is 0.435. The number of carbonyl (C=O) groups excluding carboxylic acids is 1. The first-order chi connectivity index (χ1) is 12.3. The largest absolute Gasteiger partial charge is 0.496 e. The first-order valence-corrected chi connectivity index (χ1v) is 10.3. The van der Waals surface area contributed by atoms with Gasteiger partial charge in [-0.1, -0.05) is 57.8 Å². The molecule has 0 amide bonds. The summed E-state index contributed by atoms with van der Waals surface area (Å²) in [5, 5.41) is 1.13. The fourth-order valence-electron chi connectivity index (χ4n) is 3.77. The molecule has 0 aliphatic heterocycles. The smallest absolute Gasteiger partial charge is 0.160 e. The van der Waals surface area contributed by atoms with Gasteiger partial charge in [0, 0.05) is 16.3 Å². The molecule has 1 atom stereocenters. The molecular weight excluding hydrogens is 339 g/mol. The van der Waals surface area contributed by atoms with Crippen molar-refractivity contribution in [1.29, 1.82) is 0 Å². The topological polar surface area (TPSA) is 26.3 Å². The quantitative estimate of drug-likeness (QED) is 0.452. The summed E-state index contributed by atoms with van der Waals surface area (Å²) in [7, 11) is 2.28.